The van der Waals surface area contributed by atoms with E-state index in [0.717, 1.165) is 0 Å². The Balaban J connectivity index is 2.92. The molecule has 2 rings (SSSR count). The second-order valence-electron chi connectivity index (χ2n) is 3.04. The van der Waals surface area contributed by atoms with E-state index in [4.69, 9.17) is 5.11 Å². The van der Waals surface area contributed by atoms with Gasteiger partial charge in [-0.1, -0.05) is 6.07 Å². The van der Waals surface area contributed by atoms with Crippen molar-refractivity contribution >= 4 is 17.4 Å². The van der Waals surface area contributed by atoms with E-state index in [-0.39, 0.29) is 11.5 Å². The molecule has 0 aliphatic rings. The van der Waals surface area contributed by atoms with Gasteiger partial charge in [-0.2, -0.15) is 0 Å². The van der Waals surface area contributed by atoms with Crippen molar-refractivity contribution in [2.75, 3.05) is 0 Å². The molecule has 0 aromatic carbocycles. The summed E-state index contributed by atoms with van der Waals surface area (Å²) in [6.45, 7) is 1.75. The lowest BCUT2D eigenvalue weighted by atomic mass is 10.3. The van der Waals surface area contributed by atoms with Crippen LogP contribution in [0.5, 0.6) is 0 Å². The van der Waals surface area contributed by atoms with Gasteiger partial charge in [0.15, 0.2) is 5.69 Å². The van der Waals surface area contributed by atoms with E-state index in [0.29, 0.717) is 11.3 Å². The number of carboxylic acid groups (broad SMARTS) is 1. The average Bonchev–Trinajstić information content (AvgIpc) is 2.57. The van der Waals surface area contributed by atoms with E-state index >= 15 is 0 Å². The van der Waals surface area contributed by atoms with Gasteiger partial charge < -0.3 is 5.11 Å². The summed E-state index contributed by atoms with van der Waals surface area (Å²) in [4.78, 5) is 25.2. The Morgan fingerprint density at radius 3 is 2.87 bits per heavy atom. The van der Waals surface area contributed by atoms with E-state index in [1.165, 1.54) is 4.40 Å². The van der Waals surface area contributed by atoms with Gasteiger partial charge in [-0.05, 0) is 24.2 Å². The fourth-order valence-electron chi connectivity index (χ4n) is 1.46. The predicted octanol–water partition coefficient (Wildman–Crippen LogP) is 1.74. The van der Waals surface area contributed by atoms with Crippen molar-refractivity contribution < 1.29 is 9.90 Å². The lowest BCUT2D eigenvalue weighted by Crippen LogP contribution is -1.96. The Labute approximate surface area is 84.1 Å². The van der Waals surface area contributed by atoms with E-state index in [1.807, 2.05) is 0 Å². The number of fused-ring (bicyclic) bond motifs is 1. The number of aryl methyl sites for hydroxylation is 1. The topological polar surface area (TPSA) is 84.0 Å². The van der Waals surface area contributed by atoms with Crippen molar-refractivity contribution in [3.63, 3.8) is 0 Å². The zero-order valence-electron chi connectivity index (χ0n) is 7.84. The minimum Gasteiger partial charge on any atom is -0.476 e. The second-order valence-corrected chi connectivity index (χ2v) is 3.04. The maximum atomic E-state index is 10.8. The van der Waals surface area contributed by atoms with Gasteiger partial charge in [0.05, 0.1) is 0 Å². The van der Waals surface area contributed by atoms with Crippen LogP contribution in [0.2, 0.25) is 0 Å². The van der Waals surface area contributed by atoms with Crippen molar-refractivity contribution in [1.29, 1.82) is 0 Å². The van der Waals surface area contributed by atoms with Crippen molar-refractivity contribution in [2.24, 2.45) is 5.18 Å². The molecule has 0 atom stereocenters. The number of carboxylic acids is 1. The predicted molar refractivity (Wildman–Crippen MR) is 52.3 cm³/mol. The number of nitroso groups, excluding NO2 is 1. The number of hydrogen-bond acceptors (Lipinski definition) is 4. The molecule has 0 saturated heterocycles. The van der Waals surface area contributed by atoms with Gasteiger partial charge in [-0.3, -0.25) is 4.40 Å². The molecule has 0 saturated carbocycles. The Morgan fingerprint density at radius 1 is 1.53 bits per heavy atom. The van der Waals surface area contributed by atoms with Crippen LogP contribution in [-0.4, -0.2) is 20.5 Å². The Bertz CT molecular complexity index is 559. The summed E-state index contributed by atoms with van der Waals surface area (Å²) in [5.41, 5.74) is 0.795. The molecule has 6 heteroatoms. The molecule has 6 nitrogen and oxygen atoms in total. The minimum absolute atomic E-state index is 0.171. The third-order valence-electron chi connectivity index (χ3n) is 2.10. The van der Waals surface area contributed by atoms with Crippen molar-refractivity contribution in [2.45, 2.75) is 6.92 Å². The minimum atomic E-state index is -1.26. The van der Waals surface area contributed by atoms with Crippen LogP contribution in [0.25, 0.3) is 5.65 Å². The zero-order chi connectivity index (χ0) is 11.0. The molecule has 1 N–H and O–H groups in total. The van der Waals surface area contributed by atoms with Crippen LogP contribution >= 0.6 is 0 Å². The number of aromatic carboxylic acids is 1. The van der Waals surface area contributed by atoms with Gasteiger partial charge in [0.1, 0.15) is 5.65 Å². The maximum absolute atomic E-state index is 10.8. The standard InChI is InChI=1S/C9H7N3O3/c1-5-3-2-4-6-10-7(9(13)14)8(11-15)12(5)6/h2-4H,1H3,(H,13,14). The number of rotatable bonds is 2. The Hall–Kier alpha value is -2.24. The summed E-state index contributed by atoms with van der Waals surface area (Å²) < 4.78 is 1.41. The summed E-state index contributed by atoms with van der Waals surface area (Å²) in [7, 11) is 0. The molecular formula is C9H7N3O3. The molecule has 0 bridgehead atoms. The smallest absolute Gasteiger partial charge is 0.358 e. The summed E-state index contributed by atoms with van der Waals surface area (Å²) in [6.07, 6.45) is 0. The summed E-state index contributed by atoms with van der Waals surface area (Å²) in [6, 6.07) is 5.10. The molecule has 0 aliphatic carbocycles. The number of hydrogen-bond donors (Lipinski definition) is 1. The third-order valence-corrected chi connectivity index (χ3v) is 2.10. The quantitative estimate of drug-likeness (QED) is 0.756. The highest BCUT2D eigenvalue weighted by molar-refractivity contribution is 5.91. The van der Waals surface area contributed by atoms with Gasteiger partial charge in [0.2, 0.25) is 5.82 Å². The van der Waals surface area contributed by atoms with Crippen LogP contribution in [0, 0.1) is 11.8 Å². The number of nitrogens with zero attached hydrogens (tertiary/aromatic N) is 3. The normalized spacial score (nSPS) is 10.5. The number of carbonyl (C=O) groups is 1. The lowest BCUT2D eigenvalue weighted by Gasteiger charge is -1.98. The van der Waals surface area contributed by atoms with Gasteiger partial charge in [-0.25, -0.2) is 9.78 Å². The first kappa shape index (κ1) is 9.32. The molecule has 2 aromatic heterocycles. The number of pyridine rings is 1. The monoisotopic (exact) mass is 205 g/mol. The molecule has 15 heavy (non-hydrogen) atoms. The van der Waals surface area contributed by atoms with E-state index in [2.05, 4.69) is 10.2 Å². The Morgan fingerprint density at radius 2 is 2.27 bits per heavy atom. The van der Waals surface area contributed by atoms with Crippen molar-refractivity contribution in [3.8, 4) is 0 Å². The molecule has 76 valence electrons. The fourth-order valence-corrected chi connectivity index (χ4v) is 1.46. The fraction of sp³-hybridized carbons (Fsp3) is 0.111. The highest BCUT2D eigenvalue weighted by Gasteiger charge is 2.19. The summed E-state index contributed by atoms with van der Waals surface area (Å²) in [5.74, 6) is -1.43. The van der Waals surface area contributed by atoms with Gasteiger partial charge in [-0.15, -0.1) is 4.91 Å². The molecule has 0 radical (unpaired) electrons. The van der Waals surface area contributed by atoms with Crippen LogP contribution in [0.3, 0.4) is 0 Å². The molecule has 2 aromatic rings. The van der Waals surface area contributed by atoms with Crippen molar-refractivity contribution in [1.82, 2.24) is 9.38 Å². The number of imidazole rings is 1. The summed E-state index contributed by atoms with van der Waals surface area (Å²) in [5, 5.41) is 11.5. The Kier molecular flexibility index (Phi) is 1.96. The molecule has 0 fully saturated rings. The van der Waals surface area contributed by atoms with E-state index in [9.17, 15) is 9.70 Å². The van der Waals surface area contributed by atoms with E-state index in [1.54, 1.807) is 25.1 Å². The first-order valence-electron chi connectivity index (χ1n) is 4.20. The van der Waals surface area contributed by atoms with Crippen molar-refractivity contribution in [3.05, 3.63) is 34.5 Å². The van der Waals surface area contributed by atoms with Crippen LogP contribution in [-0.2, 0) is 0 Å². The first-order valence-corrected chi connectivity index (χ1v) is 4.20. The SMILES string of the molecule is Cc1cccc2nc(C(=O)O)c(N=O)n12. The lowest BCUT2D eigenvalue weighted by molar-refractivity contribution is 0.0692. The van der Waals surface area contributed by atoms with Crippen LogP contribution < -0.4 is 0 Å². The molecule has 0 spiro atoms. The highest BCUT2D eigenvalue weighted by Crippen LogP contribution is 2.22. The van der Waals surface area contributed by atoms with Crippen LogP contribution in [0.15, 0.2) is 23.4 Å². The highest BCUT2D eigenvalue weighted by atomic mass is 16.4. The largest absolute Gasteiger partial charge is 0.476 e. The van der Waals surface area contributed by atoms with Gasteiger partial charge in [0, 0.05) is 5.69 Å². The molecule has 0 amide bonds. The van der Waals surface area contributed by atoms with Gasteiger partial charge in [0.25, 0.3) is 0 Å². The second kappa shape index (κ2) is 3.16. The molecular weight excluding hydrogens is 198 g/mol. The molecule has 0 unspecified atom stereocenters. The maximum Gasteiger partial charge on any atom is 0.358 e. The number of aromatic nitrogens is 2. The van der Waals surface area contributed by atoms with Crippen LogP contribution in [0.1, 0.15) is 16.2 Å². The summed E-state index contributed by atoms with van der Waals surface area (Å²) >= 11 is 0. The average molecular weight is 205 g/mol. The zero-order valence-corrected chi connectivity index (χ0v) is 7.84. The van der Waals surface area contributed by atoms with E-state index < -0.39 is 5.97 Å². The molecule has 0 aliphatic heterocycles. The van der Waals surface area contributed by atoms with Gasteiger partial charge >= 0.3 is 5.97 Å². The third kappa shape index (κ3) is 1.26. The van der Waals surface area contributed by atoms with Crippen LogP contribution in [0.4, 0.5) is 5.82 Å². The first-order chi connectivity index (χ1) is 7.15. The molecule has 2 heterocycles.